The molecule has 0 amide bonds. The number of allylic oxidation sites excluding steroid dienone is 3. The third-order valence-electron chi connectivity index (χ3n) is 3.84. The molecule has 2 atom stereocenters. The van der Waals surface area contributed by atoms with E-state index in [1.165, 1.54) is 6.07 Å². The number of halogens is 2. The molecule has 0 spiro atoms. The Kier molecular flexibility index (Phi) is 3.49. The van der Waals surface area contributed by atoms with Crippen LogP contribution in [0, 0.1) is 17.6 Å². The number of Topliss-reactive ketones (excluding diaryl/α,β-unsaturated/α-hetero) is 1. The zero-order valence-electron chi connectivity index (χ0n) is 11.6. The lowest BCUT2D eigenvalue weighted by atomic mass is 9.98. The van der Waals surface area contributed by atoms with Crippen molar-refractivity contribution in [2.75, 3.05) is 0 Å². The first-order chi connectivity index (χ1) is 10.0. The fraction of sp³-hybridized carbons (Fsp3) is 0.312. The predicted molar refractivity (Wildman–Crippen MR) is 75.3 cm³/mol. The number of hydrogen-bond donors (Lipinski definition) is 2. The van der Waals surface area contributed by atoms with E-state index >= 15 is 0 Å². The van der Waals surface area contributed by atoms with E-state index in [1.807, 2.05) is 6.08 Å². The molecular formula is C16H16F2N2O. The highest BCUT2D eigenvalue weighted by Gasteiger charge is 2.28. The van der Waals surface area contributed by atoms with Crippen molar-refractivity contribution in [1.82, 2.24) is 10.6 Å². The summed E-state index contributed by atoms with van der Waals surface area (Å²) < 4.78 is 26.5. The summed E-state index contributed by atoms with van der Waals surface area (Å²) in [6, 6.07) is 3.02. The third kappa shape index (κ3) is 2.68. The molecule has 3 nitrogen and oxygen atoms in total. The molecule has 0 aromatic heterocycles. The van der Waals surface area contributed by atoms with Gasteiger partial charge >= 0.3 is 0 Å². The van der Waals surface area contributed by atoms with Crippen LogP contribution in [0.2, 0.25) is 0 Å². The summed E-state index contributed by atoms with van der Waals surface area (Å²) >= 11 is 0. The molecule has 0 saturated carbocycles. The number of ketones is 1. The van der Waals surface area contributed by atoms with Crippen molar-refractivity contribution in [2.24, 2.45) is 5.92 Å². The summed E-state index contributed by atoms with van der Waals surface area (Å²) in [5.41, 5.74) is 2.01. The summed E-state index contributed by atoms with van der Waals surface area (Å²) in [6.07, 6.45) is 4.89. The second-order valence-electron chi connectivity index (χ2n) is 5.46. The Morgan fingerprint density at radius 2 is 2.14 bits per heavy atom. The van der Waals surface area contributed by atoms with Gasteiger partial charge in [-0.1, -0.05) is 13.0 Å². The molecule has 1 aromatic carbocycles. The van der Waals surface area contributed by atoms with Crippen molar-refractivity contribution in [2.45, 2.75) is 25.9 Å². The number of carbonyl (C=O) groups is 1. The van der Waals surface area contributed by atoms with Crippen molar-refractivity contribution in [1.29, 1.82) is 0 Å². The van der Waals surface area contributed by atoms with Crippen molar-refractivity contribution >= 4 is 5.78 Å². The number of rotatable bonds is 3. The summed E-state index contributed by atoms with van der Waals surface area (Å²) in [7, 11) is 0. The van der Waals surface area contributed by atoms with Gasteiger partial charge in [0.2, 0.25) is 0 Å². The van der Waals surface area contributed by atoms with Gasteiger partial charge in [0, 0.05) is 24.1 Å². The Hall–Kier alpha value is -2.17. The zero-order chi connectivity index (χ0) is 15.0. The minimum Gasteiger partial charge on any atom is -0.366 e. The molecule has 0 saturated heterocycles. The fourth-order valence-corrected chi connectivity index (χ4v) is 2.73. The highest BCUT2D eigenvalue weighted by atomic mass is 19.1. The summed E-state index contributed by atoms with van der Waals surface area (Å²) in [5, 5.41) is 6.49. The van der Waals surface area contributed by atoms with E-state index in [9.17, 15) is 13.6 Å². The van der Waals surface area contributed by atoms with Crippen molar-refractivity contribution in [3.63, 3.8) is 0 Å². The standard InChI is InChI=1S/C16H16F2N2O/c1-9-3-2-4-13-16(9)20-15(19-13)8-14(21)11-6-5-10(17)7-12(11)18/h2,4-7,9,15,19-20H,3,8H2,1H3. The van der Waals surface area contributed by atoms with Crippen LogP contribution in [0.4, 0.5) is 8.78 Å². The molecule has 5 heteroatoms. The Balaban J connectivity index is 1.69. The van der Waals surface area contributed by atoms with Crippen molar-refractivity contribution < 1.29 is 13.6 Å². The summed E-state index contributed by atoms with van der Waals surface area (Å²) in [6.45, 7) is 2.11. The monoisotopic (exact) mass is 290 g/mol. The van der Waals surface area contributed by atoms with E-state index in [4.69, 9.17) is 0 Å². The van der Waals surface area contributed by atoms with Crippen LogP contribution in [0.15, 0.2) is 41.7 Å². The van der Waals surface area contributed by atoms with Crippen LogP contribution in [0.25, 0.3) is 0 Å². The molecule has 0 radical (unpaired) electrons. The van der Waals surface area contributed by atoms with E-state index in [0.29, 0.717) is 5.92 Å². The summed E-state index contributed by atoms with van der Waals surface area (Å²) in [5.74, 6) is -1.48. The zero-order valence-corrected chi connectivity index (χ0v) is 11.6. The minimum absolute atomic E-state index is 0.0755. The maximum Gasteiger partial charge on any atom is 0.169 e. The molecule has 110 valence electrons. The fourth-order valence-electron chi connectivity index (χ4n) is 2.73. The normalized spacial score (nSPS) is 23.6. The lowest BCUT2D eigenvalue weighted by Gasteiger charge is -2.16. The van der Waals surface area contributed by atoms with E-state index in [2.05, 4.69) is 23.6 Å². The van der Waals surface area contributed by atoms with Gasteiger partial charge in [0.15, 0.2) is 5.78 Å². The Morgan fingerprint density at radius 1 is 1.33 bits per heavy atom. The molecule has 2 aliphatic rings. The number of hydrogen-bond acceptors (Lipinski definition) is 3. The molecule has 2 N–H and O–H groups in total. The maximum atomic E-state index is 13.6. The van der Waals surface area contributed by atoms with Crippen LogP contribution in [0.3, 0.4) is 0 Å². The van der Waals surface area contributed by atoms with Crippen LogP contribution < -0.4 is 10.6 Å². The molecule has 21 heavy (non-hydrogen) atoms. The van der Waals surface area contributed by atoms with Crippen molar-refractivity contribution in [3.8, 4) is 0 Å². The smallest absolute Gasteiger partial charge is 0.169 e. The van der Waals surface area contributed by atoms with Gasteiger partial charge in [-0.15, -0.1) is 0 Å². The van der Waals surface area contributed by atoms with Crippen LogP contribution >= 0.6 is 0 Å². The highest BCUT2D eigenvalue weighted by Crippen LogP contribution is 2.26. The first-order valence-electron chi connectivity index (χ1n) is 6.96. The summed E-state index contributed by atoms with van der Waals surface area (Å²) in [4.78, 5) is 12.1. The third-order valence-corrected chi connectivity index (χ3v) is 3.84. The van der Waals surface area contributed by atoms with E-state index in [-0.39, 0.29) is 23.9 Å². The molecule has 1 heterocycles. The quantitative estimate of drug-likeness (QED) is 0.841. The van der Waals surface area contributed by atoms with Crippen LogP contribution in [-0.2, 0) is 0 Å². The van der Waals surface area contributed by atoms with Crippen LogP contribution in [0.5, 0.6) is 0 Å². The second kappa shape index (κ2) is 5.31. The van der Waals surface area contributed by atoms with E-state index < -0.39 is 11.6 Å². The SMILES string of the molecule is CC1CC=CC2=C1NC(CC(=O)c1ccc(F)cc1F)N2. The molecular weight excluding hydrogens is 274 g/mol. The van der Waals surface area contributed by atoms with Gasteiger partial charge in [-0.05, 0) is 24.6 Å². The van der Waals surface area contributed by atoms with Gasteiger partial charge < -0.3 is 10.6 Å². The van der Waals surface area contributed by atoms with Crippen LogP contribution in [-0.4, -0.2) is 11.9 Å². The molecule has 0 fully saturated rings. The number of nitrogens with one attached hydrogen (secondary N) is 2. The largest absolute Gasteiger partial charge is 0.366 e. The average molecular weight is 290 g/mol. The van der Waals surface area contributed by atoms with Gasteiger partial charge in [0.1, 0.15) is 17.8 Å². The van der Waals surface area contributed by atoms with Gasteiger partial charge in [0.25, 0.3) is 0 Å². The van der Waals surface area contributed by atoms with Gasteiger partial charge in [-0.25, -0.2) is 8.78 Å². The Labute approximate surface area is 121 Å². The highest BCUT2D eigenvalue weighted by molar-refractivity contribution is 5.96. The molecule has 0 bridgehead atoms. The predicted octanol–water partition coefficient (Wildman–Crippen LogP) is 2.86. The van der Waals surface area contributed by atoms with E-state index in [1.54, 1.807) is 0 Å². The number of benzene rings is 1. The topological polar surface area (TPSA) is 41.1 Å². The molecule has 1 aliphatic heterocycles. The Bertz CT molecular complexity index is 652. The molecule has 1 aliphatic carbocycles. The second-order valence-corrected chi connectivity index (χ2v) is 5.46. The maximum absolute atomic E-state index is 13.6. The minimum atomic E-state index is -0.816. The van der Waals surface area contributed by atoms with Gasteiger partial charge in [0.05, 0.1) is 11.3 Å². The Morgan fingerprint density at radius 3 is 2.86 bits per heavy atom. The molecule has 1 aromatic rings. The van der Waals surface area contributed by atoms with E-state index in [0.717, 1.165) is 29.9 Å². The van der Waals surface area contributed by atoms with Crippen LogP contribution in [0.1, 0.15) is 30.1 Å². The molecule has 3 rings (SSSR count). The van der Waals surface area contributed by atoms with Crippen molar-refractivity contribution in [3.05, 3.63) is 58.9 Å². The lowest BCUT2D eigenvalue weighted by molar-refractivity contribution is 0.0964. The average Bonchev–Trinajstić information content (AvgIpc) is 2.82. The van der Waals surface area contributed by atoms with Gasteiger partial charge in [-0.3, -0.25) is 4.79 Å². The first-order valence-corrected chi connectivity index (χ1v) is 6.96. The lowest BCUT2D eigenvalue weighted by Crippen LogP contribution is -2.35. The number of carbonyl (C=O) groups excluding carboxylic acids is 1. The molecule has 2 unspecified atom stereocenters. The first kappa shape index (κ1) is 13.8. The van der Waals surface area contributed by atoms with Gasteiger partial charge in [-0.2, -0.15) is 0 Å².